The second kappa shape index (κ2) is 5.45. The van der Waals surface area contributed by atoms with Crippen molar-refractivity contribution in [1.29, 1.82) is 0 Å². The molecule has 0 unspecified atom stereocenters. The van der Waals surface area contributed by atoms with Crippen LogP contribution in [0.25, 0.3) is 11.0 Å². The lowest BCUT2D eigenvalue weighted by atomic mass is 10.3. The number of rotatable bonds is 5. The van der Waals surface area contributed by atoms with Crippen LogP contribution in [0.4, 0.5) is 0 Å². The van der Waals surface area contributed by atoms with Gasteiger partial charge in [-0.2, -0.15) is 0 Å². The van der Waals surface area contributed by atoms with E-state index in [1.54, 1.807) is 0 Å². The van der Waals surface area contributed by atoms with E-state index in [0.717, 1.165) is 23.4 Å². The summed E-state index contributed by atoms with van der Waals surface area (Å²) in [4.78, 5) is 18.3. The van der Waals surface area contributed by atoms with Crippen LogP contribution in [0.3, 0.4) is 0 Å². The molecule has 90 valence electrons. The zero-order valence-corrected chi connectivity index (χ0v) is 9.79. The molecule has 0 aliphatic carbocycles. The Hall–Kier alpha value is -1.88. The number of para-hydroxylation sites is 2. The highest BCUT2D eigenvalue weighted by atomic mass is 16.1. The summed E-state index contributed by atoms with van der Waals surface area (Å²) in [5.41, 5.74) is 2.03. The molecule has 1 aromatic carbocycles. The van der Waals surface area contributed by atoms with E-state index in [-0.39, 0.29) is 5.91 Å². The standard InChI is InChI=1S/C12H16N4O/c1-9(17)14-7-6-13-8-12-15-10-4-2-3-5-11(10)16-12/h2-5,13H,6-8H2,1H3,(H,14,17)(H,15,16). The molecule has 5 nitrogen and oxygen atoms in total. The molecule has 2 rings (SSSR count). The lowest BCUT2D eigenvalue weighted by molar-refractivity contribution is -0.118. The molecule has 0 bridgehead atoms. The third-order valence-electron chi connectivity index (χ3n) is 2.41. The summed E-state index contributed by atoms with van der Waals surface area (Å²) in [5, 5.41) is 5.94. The van der Waals surface area contributed by atoms with Crippen LogP contribution in [0.1, 0.15) is 12.7 Å². The van der Waals surface area contributed by atoms with Gasteiger partial charge >= 0.3 is 0 Å². The molecule has 0 radical (unpaired) electrons. The van der Waals surface area contributed by atoms with Crippen molar-refractivity contribution in [3.05, 3.63) is 30.1 Å². The second-order valence-corrected chi connectivity index (χ2v) is 3.86. The van der Waals surface area contributed by atoms with Crippen LogP contribution >= 0.6 is 0 Å². The Balaban J connectivity index is 1.81. The average Bonchev–Trinajstić information content (AvgIpc) is 2.70. The molecule has 1 aromatic heterocycles. The van der Waals surface area contributed by atoms with Crippen LogP contribution in [0, 0.1) is 0 Å². The fraction of sp³-hybridized carbons (Fsp3) is 0.333. The number of hydrogen-bond donors (Lipinski definition) is 3. The van der Waals surface area contributed by atoms with Gasteiger partial charge in [0.1, 0.15) is 5.82 Å². The SMILES string of the molecule is CC(=O)NCCNCc1nc2ccccc2[nH]1. The number of fused-ring (bicyclic) bond motifs is 1. The molecule has 0 fully saturated rings. The number of aromatic nitrogens is 2. The highest BCUT2D eigenvalue weighted by molar-refractivity contribution is 5.74. The van der Waals surface area contributed by atoms with Gasteiger partial charge in [0, 0.05) is 20.0 Å². The number of nitrogens with one attached hydrogen (secondary N) is 3. The number of carbonyl (C=O) groups excluding carboxylic acids is 1. The van der Waals surface area contributed by atoms with Crippen molar-refractivity contribution in [2.75, 3.05) is 13.1 Å². The molecule has 0 spiro atoms. The van der Waals surface area contributed by atoms with Crippen LogP contribution in [0.15, 0.2) is 24.3 Å². The number of imidazole rings is 1. The van der Waals surface area contributed by atoms with Gasteiger partial charge in [0.05, 0.1) is 17.6 Å². The van der Waals surface area contributed by atoms with Gasteiger partial charge in [-0.3, -0.25) is 4.79 Å². The fourth-order valence-corrected chi connectivity index (χ4v) is 1.62. The van der Waals surface area contributed by atoms with Gasteiger partial charge in [0.15, 0.2) is 0 Å². The zero-order chi connectivity index (χ0) is 12.1. The van der Waals surface area contributed by atoms with E-state index in [0.29, 0.717) is 13.1 Å². The molecule has 0 atom stereocenters. The lowest BCUT2D eigenvalue weighted by Gasteiger charge is -2.02. The van der Waals surface area contributed by atoms with Crippen LogP contribution in [-0.2, 0) is 11.3 Å². The molecule has 5 heteroatoms. The Bertz CT molecular complexity index is 473. The minimum absolute atomic E-state index is 0.00413. The Kier molecular flexibility index (Phi) is 3.72. The number of hydrogen-bond acceptors (Lipinski definition) is 3. The maximum atomic E-state index is 10.6. The Labute approximate surface area is 99.6 Å². The zero-order valence-electron chi connectivity index (χ0n) is 9.79. The molecule has 0 saturated heterocycles. The van der Waals surface area contributed by atoms with E-state index in [2.05, 4.69) is 20.6 Å². The van der Waals surface area contributed by atoms with Crippen LogP contribution < -0.4 is 10.6 Å². The van der Waals surface area contributed by atoms with E-state index in [1.807, 2.05) is 24.3 Å². The molecular formula is C12H16N4O. The fourth-order valence-electron chi connectivity index (χ4n) is 1.62. The maximum absolute atomic E-state index is 10.6. The minimum atomic E-state index is -0.00413. The smallest absolute Gasteiger partial charge is 0.216 e. The summed E-state index contributed by atoms with van der Waals surface area (Å²) in [7, 11) is 0. The van der Waals surface area contributed by atoms with Gasteiger partial charge in [-0.1, -0.05) is 12.1 Å². The van der Waals surface area contributed by atoms with Gasteiger partial charge in [0.25, 0.3) is 0 Å². The molecule has 1 heterocycles. The summed E-state index contributed by atoms with van der Waals surface area (Å²) < 4.78 is 0. The van der Waals surface area contributed by atoms with Crippen molar-refractivity contribution in [3.63, 3.8) is 0 Å². The molecule has 1 amide bonds. The molecular weight excluding hydrogens is 216 g/mol. The topological polar surface area (TPSA) is 69.8 Å². The first kappa shape index (κ1) is 11.6. The predicted octanol–water partition coefficient (Wildman–Crippen LogP) is 0.789. The highest BCUT2D eigenvalue weighted by Crippen LogP contribution is 2.09. The number of nitrogens with zero attached hydrogens (tertiary/aromatic N) is 1. The molecule has 2 aromatic rings. The number of amides is 1. The van der Waals surface area contributed by atoms with Crippen molar-refractivity contribution in [2.24, 2.45) is 0 Å². The van der Waals surface area contributed by atoms with Gasteiger partial charge in [-0.25, -0.2) is 4.98 Å². The summed E-state index contributed by atoms with van der Waals surface area (Å²) in [6, 6.07) is 7.93. The normalized spacial score (nSPS) is 10.6. The highest BCUT2D eigenvalue weighted by Gasteiger charge is 2.00. The molecule has 17 heavy (non-hydrogen) atoms. The summed E-state index contributed by atoms with van der Waals surface area (Å²) in [5.74, 6) is 0.907. The van der Waals surface area contributed by atoms with E-state index in [1.165, 1.54) is 6.92 Å². The van der Waals surface area contributed by atoms with Crippen molar-refractivity contribution in [2.45, 2.75) is 13.5 Å². The Morgan fingerprint density at radius 2 is 2.18 bits per heavy atom. The maximum Gasteiger partial charge on any atom is 0.216 e. The Morgan fingerprint density at radius 1 is 1.35 bits per heavy atom. The van der Waals surface area contributed by atoms with Crippen molar-refractivity contribution >= 4 is 16.9 Å². The van der Waals surface area contributed by atoms with Crippen molar-refractivity contribution in [3.8, 4) is 0 Å². The quantitative estimate of drug-likeness (QED) is 0.667. The van der Waals surface area contributed by atoms with Gasteiger partial charge in [-0.05, 0) is 12.1 Å². The number of aromatic amines is 1. The summed E-state index contributed by atoms with van der Waals surface area (Å²) in [6.07, 6.45) is 0. The predicted molar refractivity (Wildman–Crippen MR) is 66.5 cm³/mol. The summed E-state index contributed by atoms with van der Waals surface area (Å²) >= 11 is 0. The van der Waals surface area contributed by atoms with Gasteiger partial charge in [0.2, 0.25) is 5.91 Å². The first-order chi connectivity index (χ1) is 8.25. The van der Waals surface area contributed by atoms with Crippen molar-refractivity contribution < 1.29 is 4.79 Å². The van der Waals surface area contributed by atoms with Crippen LogP contribution in [0.2, 0.25) is 0 Å². The molecule has 0 aliphatic rings. The van der Waals surface area contributed by atoms with Crippen LogP contribution in [0.5, 0.6) is 0 Å². The Morgan fingerprint density at radius 3 is 2.94 bits per heavy atom. The summed E-state index contributed by atoms with van der Waals surface area (Å²) in [6.45, 7) is 3.56. The lowest BCUT2D eigenvalue weighted by Crippen LogP contribution is -2.30. The van der Waals surface area contributed by atoms with Gasteiger partial charge < -0.3 is 15.6 Å². The van der Waals surface area contributed by atoms with Gasteiger partial charge in [-0.15, -0.1) is 0 Å². The molecule has 0 saturated carbocycles. The monoisotopic (exact) mass is 232 g/mol. The first-order valence-corrected chi connectivity index (χ1v) is 5.64. The van der Waals surface area contributed by atoms with E-state index < -0.39 is 0 Å². The van der Waals surface area contributed by atoms with E-state index in [4.69, 9.17) is 0 Å². The average molecular weight is 232 g/mol. The first-order valence-electron chi connectivity index (χ1n) is 5.64. The minimum Gasteiger partial charge on any atom is -0.355 e. The molecule has 0 aliphatic heterocycles. The number of carbonyl (C=O) groups is 1. The number of H-pyrrole nitrogens is 1. The van der Waals surface area contributed by atoms with Crippen LogP contribution in [-0.4, -0.2) is 29.0 Å². The van der Waals surface area contributed by atoms with E-state index >= 15 is 0 Å². The third-order valence-corrected chi connectivity index (χ3v) is 2.41. The van der Waals surface area contributed by atoms with E-state index in [9.17, 15) is 4.79 Å². The largest absolute Gasteiger partial charge is 0.355 e. The van der Waals surface area contributed by atoms with Crippen molar-refractivity contribution in [1.82, 2.24) is 20.6 Å². The third kappa shape index (κ3) is 3.29. The second-order valence-electron chi connectivity index (χ2n) is 3.86. The number of benzene rings is 1. The molecule has 3 N–H and O–H groups in total.